The molecule has 0 radical (unpaired) electrons. The zero-order chi connectivity index (χ0) is 14.2. The second kappa shape index (κ2) is 4.68. The first-order valence-corrected chi connectivity index (χ1v) is 5.70. The molecule has 2 rings (SSSR count). The van der Waals surface area contributed by atoms with Crippen LogP contribution in [0.25, 0.3) is 5.57 Å². The first-order chi connectivity index (χ1) is 8.97. The molecule has 0 aromatic heterocycles. The number of Topliss-reactive ketones (excluding diaryl/α,β-unsaturated/α-hetero) is 1. The molecule has 5 heteroatoms. The molecular formula is C14H13NO4. The van der Waals surface area contributed by atoms with E-state index in [1.54, 1.807) is 18.2 Å². The summed E-state index contributed by atoms with van der Waals surface area (Å²) in [6, 6.07) is 4.80. The topological polar surface area (TPSA) is 63.7 Å². The molecule has 0 saturated heterocycles. The summed E-state index contributed by atoms with van der Waals surface area (Å²) >= 11 is 0. The van der Waals surface area contributed by atoms with E-state index >= 15 is 0 Å². The molecule has 5 nitrogen and oxygen atoms in total. The molecular weight excluding hydrogens is 246 g/mol. The third-order valence-corrected chi connectivity index (χ3v) is 2.92. The van der Waals surface area contributed by atoms with Crippen LogP contribution < -0.4 is 4.90 Å². The van der Waals surface area contributed by atoms with Crippen molar-refractivity contribution in [3.05, 3.63) is 35.6 Å². The third kappa shape index (κ3) is 2.03. The Hall–Kier alpha value is -2.43. The van der Waals surface area contributed by atoms with Gasteiger partial charge in [-0.1, -0.05) is 0 Å². The summed E-state index contributed by atoms with van der Waals surface area (Å²) in [6.07, 6.45) is 1.29. The fourth-order valence-corrected chi connectivity index (χ4v) is 2.06. The first-order valence-electron chi connectivity index (χ1n) is 5.70. The SMILES string of the molecule is CO/C=C1\C(=O)N(C(C)=O)c2ccc(C(C)=O)cc21. The quantitative estimate of drug-likeness (QED) is 0.461. The van der Waals surface area contributed by atoms with E-state index in [9.17, 15) is 14.4 Å². The van der Waals surface area contributed by atoms with Crippen LogP contribution in [0.1, 0.15) is 29.8 Å². The van der Waals surface area contributed by atoms with Gasteiger partial charge in [0, 0.05) is 18.1 Å². The Morgan fingerprint density at radius 3 is 2.47 bits per heavy atom. The number of ketones is 1. The Morgan fingerprint density at radius 2 is 1.95 bits per heavy atom. The number of amides is 2. The zero-order valence-corrected chi connectivity index (χ0v) is 10.9. The maximum absolute atomic E-state index is 12.1. The molecule has 0 fully saturated rings. The van der Waals surface area contributed by atoms with Gasteiger partial charge < -0.3 is 4.74 Å². The lowest BCUT2D eigenvalue weighted by molar-refractivity contribution is -0.122. The van der Waals surface area contributed by atoms with Gasteiger partial charge in [0.2, 0.25) is 5.91 Å². The predicted octanol–water partition coefficient (Wildman–Crippen LogP) is 1.77. The van der Waals surface area contributed by atoms with Crippen LogP contribution in [0, 0.1) is 0 Å². The molecule has 1 aromatic rings. The average Bonchev–Trinajstić information content (AvgIpc) is 2.62. The lowest BCUT2D eigenvalue weighted by atomic mass is 10.0. The molecule has 19 heavy (non-hydrogen) atoms. The van der Waals surface area contributed by atoms with E-state index in [1.807, 2.05) is 0 Å². The Kier molecular flexibility index (Phi) is 3.21. The summed E-state index contributed by atoms with van der Waals surface area (Å²) in [7, 11) is 1.42. The number of carbonyl (C=O) groups excluding carboxylic acids is 3. The smallest absolute Gasteiger partial charge is 0.268 e. The van der Waals surface area contributed by atoms with Gasteiger partial charge >= 0.3 is 0 Å². The normalized spacial score (nSPS) is 15.6. The standard InChI is InChI=1S/C14H13NO4/c1-8(16)10-4-5-13-11(6-10)12(7-19-3)14(18)15(13)9(2)17/h4-7H,1-3H3/b12-7-. The Labute approximate surface area is 110 Å². The van der Waals surface area contributed by atoms with Crippen molar-refractivity contribution in [2.75, 3.05) is 12.0 Å². The number of hydrogen-bond donors (Lipinski definition) is 0. The summed E-state index contributed by atoms with van der Waals surface area (Å²) in [4.78, 5) is 36.2. The van der Waals surface area contributed by atoms with Crippen LogP contribution in [-0.4, -0.2) is 24.7 Å². The third-order valence-electron chi connectivity index (χ3n) is 2.92. The number of nitrogens with zero attached hydrogens (tertiary/aromatic N) is 1. The van der Waals surface area contributed by atoms with E-state index < -0.39 is 5.91 Å². The number of fused-ring (bicyclic) bond motifs is 1. The number of benzene rings is 1. The summed E-state index contributed by atoms with van der Waals surface area (Å²) in [6.45, 7) is 2.76. The number of anilines is 1. The number of hydrogen-bond acceptors (Lipinski definition) is 4. The highest BCUT2D eigenvalue weighted by molar-refractivity contribution is 6.39. The summed E-state index contributed by atoms with van der Waals surface area (Å²) < 4.78 is 4.88. The largest absolute Gasteiger partial charge is 0.504 e. The van der Waals surface area contributed by atoms with E-state index in [0.29, 0.717) is 16.8 Å². The molecule has 0 aliphatic carbocycles. The maximum atomic E-state index is 12.1. The van der Waals surface area contributed by atoms with Gasteiger partial charge in [0.1, 0.15) is 0 Å². The first kappa shape index (κ1) is 13.0. The number of imide groups is 1. The summed E-state index contributed by atoms with van der Waals surface area (Å²) in [5.41, 5.74) is 1.77. The molecule has 1 aliphatic rings. The van der Waals surface area contributed by atoms with Crippen molar-refractivity contribution < 1.29 is 19.1 Å². The van der Waals surface area contributed by atoms with Crippen molar-refractivity contribution in [3.8, 4) is 0 Å². The van der Waals surface area contributed by atoms with Crippen molar-refractivity contribution in [1.29, 1.82) is 0 Å². The zero-order valence-electron chi connectivity index (χ0n) is 10.9. The second-order valence-corrected chi connectivity index (χ2v) is 4.21. The molecule has 0 bridgehead atoms. The maximum Gasteiger partial charge on any atom is 0.268 e. The molecule has 98 valence electrons. The van der Waals surface area contributed by atoms with Gasteiger partial charge in [-0.3, -0.25) is 14.4 Å². The Morgan fingerprint density at radius 1 is 1.26 bits per heavy atom. The van der Waals surface area contributed by atoms with Crippen molar-refractivity contribution in [2.24, 2.45) is 0 Å². The van der Waals surface area contributed by atoms with Crippen LogP contribution in [-0.2, 0) is 14.3 Å². The van der Waals surface area contributed by atoms with Gasteiger partial charge in [-0.25, -0.2) is 4.90 Å². The van der Waals surface area contributed by atoms with Crippen molar-refractivity contribution in [3.63, 3.8) is 0 Å². The van der Waals surface area contributed by atoms with Crippen LogP contribution in [0.15, 0.2) is 24.5 Å². The number of rotatable bonds is 2. The van der Waals surface area contributed by atoms with Crippen molar-refractivity contribution >= 4 is 28.9 Å². The van der Waals surface area contributed by atoms with Gasteiger partial charge in [0.25, 0.3) is 5.91 Å². The number of carbonyl (C=O) groups is 3. The second-order valence-electron chi connectivity index (χ2n) is 4.21. The van der Waals surface area contributed by atoms with E-state index in [4.69, 9.17) is 4.74 Å². The van der Waals surface area contributed by atoms with Crippen LogP contribution in [0.2, 0.25) is 0 Å². The molecule has 0 atom stereocenters. The highest BCUT2D eigenvalue weighted by atomic mass is 16.5. The lowest BCUT2D eigenvalue weighted by Crippen LogP contribution is -2.31. The molecule has 0 saturated carbocycles. The summed E-state index contributed by atoms with van der Waals surface area (Å²) in [5, 5.41) is 0. The predicted molar refractivity (Wildman–Crippen MR) is 69.6 cm³/mol. The van der Waals surface area contributed by atoms with E-state index in [-0.39, 0.29) is 17.3 Å². The number of methoxy groups -OCH3 is 1. The average molecular weight is 259 g/mol. The van der Waals surface area contributed by atoms with Crippen LogP contribution in [0.4, 0.5) is 5.69 Å². The van der Waals surface area contributed by atoms with Gasteiger partial charge in [-0.05, 0) is 25.1 Å². The molecule has 0 spiro atoms. The molecule has 2 amide bonds. The lowest BCUT2D eigenvalue weighted by Gasteiger charge is -2.11. The molecule has 0 N–H and O–H groups in total. The fraction of sp³-hybridized carbons (Fsp3) is 0.214. The molecule has 1 aliphatic heterocycles. The van der Waals surface area contributed by atoms with Crippen LogP contribution >= 0.6 is 0 Å². The Balaban J connectivity index is 2.66. The van der Waals surface area contributed by atoms with Gasteiger partial charge in [-0.2, -0.15) is 0 Å². The van der Waals surface area contributed by atoms with Crippen LogP contribution in [0.3, 0.4) is 0 Å². The van der Waals surface area contributed by atoms with Gasteiger partial charge in [0.15, 0.2) is 5.78 Å². The molecule has 1 heterocycles. The van der Waals surface area contributed by atoms with E-state index in [1.165, 1.54) is 27.2 Å². The van der Waals surface area contributed by atoms with Crippen molar-refractivity contribution in [1.82, 2.24) is 0 Å². The van der Waals surface area contributed by atoms with Gasteiger partial charge in [-0.15, -0.1) is 0 Å². The van der Waals surface area contributed by atoms with Crippen LogP contribution in [0.5, 0.6) is 0 Å². The molecule has 0 unspecified atom stereocenters. The highest BCUT2D eigenvalue weighted by Crippen LogP contribution is 2.37. The minimum absolute atomic E-state index is 0.103. The molecule has 1 aromatic carbocycles. The van der Waals surface area contributed by atoms with E-state index in [0.717, 1.165) is 4.90 Å². The van der Waals surface area contributed by atoms with Crippen molar-refractivity contribution in [2.45, 2.75) is 13.8 Å². The monoisotopic (exact) mass is 259 g/mol. The minimum atomic E-state index is -0.440. The fourth-order valence-electron chi connectivity index (χ4n) is 2.06. The van der Waals surface area contributed by atoms with Gasteiger partial charge in [0.05, 0.1) is 24.6 Å². The number of ether oxygens (including phenoxy) is 1. The Bertz CT molecular complexity index is 616. The van der Waals surface area contributed by atoms with E-state index in [2.05, 4.69) is 0 Å². The summed E-state index contributed by atoms with van der Waals surface area (Å²) in [5.74, 6) is -0.917. The highest BCUT2D eigenvalue weighted by Gasteiger charge is 2.35. The minimum Gasteiger partial charge on any atom is -0.504 e.